The van der Waals surface area contributed by atoms with Crippen LogP contribution in [0.5, 0.6) is 0 Å². The fraction of sp³-hybridized carbons (Fsp3) is 0.182. The highest BCUT2D eigenvalue weighted by molar-refractivity contribution is 6.31. The van der Waals surface area contributed by atoms with Crippen molar-refractivity contribution in [2.24, 2.45) is 0 Å². The van der Waals surface area contributed by atoms with Crippen molar-refractivity contribution in [3.63, 3.8) is 0 Å². The van der Waals surface area contributed by atoms with Crippen molar-refractivity contribution in [2.75, 3.05) is 11.9 Å². The topological polar surface area (TPSA) is 49.3 Å². The summed E-state index contributed by atoms with van der Waals surface area (Å²) in [5.74, 6) is 4.51. The van der Waals surface area contributed by atoms with Gasteiger partial charge in [-0.1, -0.05) is 17.5 Å². The molecular weight excluding hydrogens is 214 g/mol. The van der Waals surface area contributed by atoms with Crippen LogP contribution >= 0.6 is 11.6 Å². The van der Waals surface area contributed by atoms with E-state index in [1.165, 1.54) is 6.07 Å². The van der Waals surface area contributed by atoms with Gasteiger partial charge in [0, 0.05) is 5.02 Å². The van der Waals surface area contributed by atoms with Gasteiger partial charge >= 0.3 is 5.97 Å². The van der Waals surface area contributed by atoms with Gasteiger partial charge in [0.1, 0.15) is 0 Å². The van der Waals surface area contributed by atoms with E-state index in [-0.39, 0.29) is 5.56 Å². The lowest BCUT2D eigenvalue weighted by Crippen LogP contribution is -2.06. The largest absolute Gasteiger partial charge is 0.478 e. The molecule has 0 aliphatic rings. The predicted octanol–water partition coefficient (Wildman–Crippen LogP) is 2.47. The maximum atomic E-state index is 10.8. The molecule has 1 aromatic rings. The third kappa shape index (κ3) is 3.19. The highest BCUT2D eigenvalue weighted by Gasteiger charge is 2.09. The van der Waals surface area contributed by atoms with E-state index in [2.05, 4.69) is 17.2 Å². The summed E-state index contributed by atoms with van der Waals surface area (Å²) in [6, 6.07) is 4.58. The number of hydrogen-bond donors (Lipinski definition) is 2. The number of anilines is 1. The maximum Gasteiger partial charge on any atom is 0.337 e. The summed E-state index contributed by atoms with van der Waals surface area (Å²) in [5.41, 5.74) is 0.676. The lowest BCUT2D eigenvalue weighted by Gasteiger charge is -2.06. The smallest absolute Gasteiger partial charge is 0.337 e. The number of carbonyl (C=O) groups is 1. The summed E-state index contributed by atoms with van der Waals surface area (Å²) in [5, 5.41) is 12.3. The van der Waals surface area contributed by atoms with Crippen LogP contribution in [0.1, 0.15) is 17.3 Å². The van der Waals surface area contributed by atoms with Crippen LogP contribution in [0.3, 0.4) is 0 Å². The fourth-order valence-electron chi connectivity index (χ4n) is 1.08. The Bertz CT molecular complexity index is 432. The van der Waals surface area contributed by atoms with E-state index >= 15 is 0 Å². The molecule has 0 aromatic heterocycles. The van der Waals surface area contributed by atoms with E-state index in [1.54, 1.807) is 19.1 Å². The van der Waals surface area contributed by atoms with Crippen molar-refractivity contribution in [2.45, 2.75) is 6.92 Å². The Morgan fingerprint density at radius 1 is 1.60 bits per heavy atom. The predicted molar refractivity (Wildman–Crippen MR) is 60.4 cm³/mol. The second-order valence-corrected chi connectivity index (χ2v) is 3.21. The van der Waals surface area contributed by atoms with Crippen molar-refractivity contribution in [1.29, 1.82) is 0 Å². The van der Waals surface area contributed by atoms with Gasteiger partial charge in [-0.15, -0.1) is 5.92 Å². The molecule has 1 rings (SSSR count). The molecule has 4 heteroatoms. The molecule has 0 bridgehead atoms. The molecule has 0 unspecified atom stereocenters. The molecule has 0 saturated carbocycles. The zero-order chi connectivity index (χ0) is 11.3. The molecule has 0 amide bonds. The Hall–Kier alpha value is -1.66. The first-order valence-corrected chi connectivity index (χ1v) is 4.69. The van der Waals surface area contributed by atoms with Gasteiger partial charge in [-0.2, -0.15) is 0 Å². The summed E-state index contributed by atoms with van der Waals surface area (Å²) in [7, 11) is 0. The van der Waals surface area contributed by atoms with E-state index < -0.39 is 5.97 Å². The normalized spacial score (nSPS) is 8.93. The standard InChI is InChI=1S/C11H10ClNO2/c1-2-3-6-13-10-7-8(12)4-5-9(10)11(14)15/h4-5,7,13H,6H2,1H3,(H,14,15). The first-order chi connectivity index (χ1) is 7.15. The molecule has 0 fully saturated rings. The van der Waals surface area contributed by atoms with Crippen molar-refractivity contribution < 1.29 is 9.90 Å². The molecule has 1 aromatic carbocycles. The van der Waals surface area contributed by atoms with E-state index in [9.17, 15) is 4.79 Å². The molecular formula is C11H10ClNO2. The van der Waals surface area contributed by atoms with Gasteiger partial charge in [-0.25, -0.2) is 4.79 Å². The minimum atomic E-state index is -0.987. The lowest BCUT2D eigenvalue weighted by atomic mass is 10.2. The summed E-state index contributed by atoms with van der Waals surface area (Å²) in [4.78, 5) is 10.8. The number of hydrogen-bond acceptors (Lipinski definition) is 2. The highest BCUT2D eigenvalue weighted by atomic mass is 35.5. The van der Waals surface area contributed by atoms with E-state index in [0.717, 1.165) is 0 Å². The summed E-state index contributed by atoms with van der Waals surface area (Å²) in [6.07, 6.45) is 0. The van der Waals surface area contributed by atoms with Crippen molar-refractivity contribution in [1.82, 2.24) is 0 Å². The van der Waals surface area contributed by atoms with Crippen molar-refractivity contribution >= 4 is 23.3 Å². The number of rotatable bonds is 3. The van der Waals surface area contributed by atoms with Gasteiger partial charge in [0.2, 0.25) is 0 Å². The average molecular weight is 224 g/mol. The molecule has 0 heterocycles. The maximum absolute atomic E-state index is 10.8. The Kier molecular flexibility index (Phi) is 4.02. The molecule has 78 valence electrons. The van der Waals surface area contributed by atoms with Gasteiger partial charge in [0.15, 0.2) is 0 Å². The van der Waals surface area contributed by atoms with Crippen LogP contribution in [0.4, 0.5) is 5.69 Å². The van der Waals surface area contributed by atoms with Crippen LogP contribution in [0.2, 0.25) is 5.02 Å². The van der Waals surface area contributed by atoms with Crippen LogP contribution < -0.4 is 5.32 Å². The Balaban J connectivity index is 2.95. The number of halogens is 1. The third-order valence-corrected chi connectivity index (χ3v) is 1.99. The number of nitrogens with one attached hydrogen (secondary N) is 1. The van der Waals surface area contributed by atoms with Gasteiger partial charge in [0.05, 0.1) is 17.8 Å². The highest BCUT2D eigenvalue weighted by Crippen LogP contribution is 2.20. The van der Waals surface area contributed by atoms with Crippen LogP contribution in [0.15, 0.2) is 18.2 Å². The minimum absolute atomic E-state index is 0.192. The monoisotopic (exact) mass is 223 g/mol. The summed E-state index contributed by atoms with van der Waals surface area (Å²) >= 11 is 5.77. The first-order valence-electron chi connectivity index (χ1n) is 4.31. The Morgan fingerprint density at radius 2 is 2.33 bits per heavy atom. The lowest BCUT2D eigenvalue weighted by molar-refractivity contribution is 0.0698. The number of benzene rings is 1. The van der Waals surface area contributed by atoms with Crippen LogP contribution in [-0.4, -0.2) is 17.6 Å². The van der Waals surface area contributed by atoms with E-state index in [4.69, 9.17) is 16.7 Å². The van der Waals surface area contributed by atoms with Gasteiger partial charge in [-0.3, -0.25) is 0 Å². The summed E-state index contributed by atoms with van der Waals surface area (Å²) in [6.45, 7) is 2.12. The van der Waals surface area contributed by atoms with Crippen LogP contribution in [0.25, 0.3) is 0 Å². The molecule has 0 saturated heterocycles. The Morgan fingerprint density at radius 3 is 2.93 bits per heavy atom. The third-order valence-electron chi connectivity index (χ3n) is 1.76. The second-order valence-electron chi connectivity index (χ2n) is 2.78. The summed E-state index contributed by atoms with van der Waals surface area (Å²) < 4.78 is 0. The second kappa shape index (κ2) is 5.28. The zero-order valence-corrected chi connectivity index (χ0v) is 8.93. The van der Waals surface area contributed by atoms with Gasteiger partial charge in [0.25, 0.3) is 0 Å². The molecule has 0 spiro atoms. The zero-order valence-electron chi connectivity index (χ0n) is 8.17. The van der Waals surface area contributed by atoms with Gasteiger partial charge in [-0.05, 0) is 25.1 Å². The Labute approximate surface area is 93.1 Å². The van der Waals surface area contributed by atoms with Crippen LogP contribution in [0, 0.1) is 11.8 Å². The fourth-order valence-corrected chi connectivity index (χ4v) is 1.25. The molecule has 0 atom stereocenters. The SMILES string of the molecule is CC#CCNc1cc(Cl)ccc1C(=O)O. The van der Waals surface area contributed by atoms with Gasteiger partial charge < -0.3 is 10.4 Å². The molecule has 3 nitrogen and oxygen atoms in total. The van der Waals surface area contributed by atoms with Crippen LogP contribution in [-0.2, 0) is 0 Å². The molecule has 0 aliphatic heterocycles. The molecule has 0 radical (unpaired) electrons. The number of carboxylic acid groups (broad SMARTS) is 1. The number of aromatic carboxylic acids is 1. The van der Waals surface area contributed by atoms with Crippen molar-refractivity contribution in [3.8, 4) is 11.8 Å². The molecule has 2 N–H and O–H groups in total. The minimum Gasteiger partial charge on any atom is -0.478 e. The average Bonchev–Trinajstić information content (AvgIpc) is 2.18. The van der Waals surface area contributed by atoms with Crippen molar-refractivity contribution in [3.05, 3.63) is 28.8 Å². The quantitative estimate of drug-likeness (QED) is 0.774. The van der Waals surface area contributed by atoms with E-state index in [1.807, 2.05) is 0 Å². The number of carboxylic acids is 1. The molecule has 0 aliphatic carbocycles. The van der Waals surface area contributed by atoms with E-state index in [0.29, 0.717) is 17.3 Å². The first kappa shape index (κ1) is 11.4. The molecule has 15 heavy (non-hydrogen) atoms.